The van der Waals surface area contributed by atoms with E-state index in [2.05, 4.69) is 5.32 Å². The number of hydrogen-bond acceptors (Lipinski definition) is 3. The molecule has 30 heavy (non-hydrogen) atoms. The molecule has 0 unspecified atom stereocenters. The monoisotopic (exact) mass is 409 g/mol. The lowest BCUT2D eigenvalue weighted by atomic mass is 9.94. The molecule has 4 rings (SSSR count). The third-order valence-electron chi connectivity index (χ3n) is 6.22. The molecule has 2 fully saturated rings. The van der Waals surface area contributed by atoms with Gasteiger partial charge in [0.25, 0.3) is 5.91 Å². The van der Waals surface area contributed by atoms with Crippen molar-refractivity contribution < 1.29 is 14.0 Å². The minimum atomic E-state index is -0.497. The summed E-state index contributed by atoms with van der Waals surface area (Å²) in [6.07, 6.45) is 1.90. The smallest absolute Gasteiger partial charge is 0.256 e. The Labute approximate surface area is 176 Å². The predicted octanol–water partition coefficient (Wildman–Crippen LogP) is 3.21. The van der Waals surface area contributed by atoms with Crippen LogP contribution in [0, 0.1) is 5.82 Å². The Morgan fingerprint density at radius 3 is 2.37 bits per heavy atom. The van der Waals surface area contributed by atoms with E-state index in [1.165, 1.54) is 12.1 Å². The number of halogens is 1. The van der Waals surface area contributed by atoms with E-state index in [4.69, 9.17) is 0 Å². The second-order valence-electron chi connectivity index (χ2n) is 8.49. The Balaban J connectivity index is 1.50. The lowest BCUT2D eigenvalue weighted by Gasteiger charge is -2.46. The Morgan fingerprint density at radius 2 is 1.73 bits per heavy atom. The summed E-state index contributed by atoms with van der Waals surface area (Å²) in [7, 11) is 0. The van der Waals surface area contributed by atoms with Crippen LogP contribution in [0.4, 0.5) is 4.39 Å². The maximum Gasteiger partial charge on any atom is 0.256 e. The van der Waals surface area contributed by atoms with Gasteiger partial charge in [-0.1, -0.05) is 42.5 Å². The molecule has 2 aliphatic heterocycles. The van der Waals surface area contributed by atoms with Crippen molar-refractivity contribution in [1.82, 2.24) is 15.1 Å². The number of carbonyl (C=O) groups excluding carboxylic acids is 2. The topological polar surface area (TPSA) is 52.7 Å². The third-order valence-corrected chi connectivity index (χ3v) is 6.22. The fraction of sp³-hybridized carbons (Fsp3) is 0.417. The van der Waals surface area contributed by atoms with Crippen molar-refractivity contribution in [1.29, 1.82) is 0 Å². The van der Waals surface area contributed by atoms with Gasteiger partial charge in [-0.25, -0.2) is 4.39 Å². The summed E-state index contributed by atoms with van der Waals surface area (Å²) in [5, 5.41) is 3.61. The highest BCUT2D eigenvalue weighted by Gasteiger charge is 2.52. The molecule has 0 saturated carbocycles. The number of hydrogen-bond donors (Lipinski definition) is 1. The number of rotatable bonds is 4. The first kappa shape index (κ1) is 20.5. The molecule has 0 aliphatic carbocycles. The van der Waals surface area contributed by atoms with Gasteiger partial charge in [0, 0.05) is 32.0 Å². The highest BCUT2D eigenvalue weighted by Crippen LogP contribution is 2.35. The number of amides is 2. The molecular weight excluding hydrogens is 381 g/mol. The van der Waals surface area contributed by atoms with Gasteiger partial charge in [-0.15, -0.1) is 0 Å². The van der Waals surface area contributed by atoms with Gasteiger partial charge in [-0.3, -0.25) is 14.9 Å². The van der Waals surface area contributed by atoms with Gasteiger partial charge in [0.1, 0.15) is 5.82 Å². The van der Waals surface area contributed by atoms with E-state index in [1.54, 1.807) is 17.0 Å². The quantitative estimate of drug-likeness (QED) is 0.844. The highest BCUT2D eigenvalue weighted by molar-refractivity contribution is 5.94. The second-order valence-corrected chi connectivity index (χ2v) is 8.49. The fourth-order valence-corrected chi connectivity index (χ4v) is 4.84. The number of nitrogens with one attached hydrogen (secondary N) is 1. The molecule has 2 aromatic carbocycles. The van der Waals surface area contributed by atoms with Gasteiger partial charge in [0.2, 0.25) is 5.91 Å². The van der Waals surface area contributed by atoms with E-state index in [9.17, 15) is 14.0 Å². The van der Waals surface area contributed by atoms with Crippen LogP contribution < -0.4 is 5.32 Å². The summed E-state index contributed by atoms with van der Waals surface area (Å²) >= 11 is 0. The van der Waals surface area contributed by atoms with Crippen molar-refractivity contribution in [2.24, 2.45) is 0 Å². The standard InChI is InChI=1S/C24H28FN3O2/c1-17(2)28-23(30)21(16-18-8-4-3-5-9-18)26-24(28)12-14-27(15-13-24)22(29)19-10-6-7-11-20(19)25/h3-11,17,21,26H,12-16H2,1-2H3/t21-/m0/s1. The number of piperidine rings is 1. The van der Waals surface area contributed by atoms with E-state index in [-0.39, 0.29) is 29.5 Å². The van der Waals surface area contributed by atoms with E-state index in [0.717, 1.165) is 5.56 Å². The molecule has 1 atom stereocenters. The van der Waals surface area contributed by atoms with Crippen LogP contribution in [0.2, 0.25) is 0 Å². The van der Waals surface area contributed by atoms with E-state index < -0.39 is 11.5 Å². The Morgan fingerprint density at radius 1 is 1.10 bits per heavy atom. The molecule has 6 heteroatoms. The predicted molar refractivity (Wildman–Crippen MR) is 113 cm³/mol. The van der Waals surface area contributed by atoms with Gasteiger partial charge < -0.3 is 9.80 Å². The minimum Gasteiger partial charge on any atom is -0.338 e. The molecule has 2 amide bonds. The summed E-state index contributed by atoms with van der Waals surface area (Å²) in [4.78, 5) is 29.7. The number of benzene rings is 2. The fourth-order valence-electron chi connectivity index (χ4n) is 4.84. The van der Waals surface area contributed by atoms with Crippen molar-refractivity contribution in [3.8, 4) is 0 Å². The number of likely N-dealkylation sites (tertiary alicyclic amines) is 1. The molecule has 1 spiro atoms. The zero-order valence-electron chi connectivity index (χ0n) is 17.5. The zero-order valence-corrected chi connectivity index (χ0v) is 17.5. The molecule has 1 N–H and O–H groups in total. The average molecular weight is 410 g/mol. The van der Waals surface area contributed by atoms with Crippen LogP contribution in [0.3, 0.4) is 0 Å². The molecule has 0 bridgehead atoms. The largest absolute Gasteiger partial charge is 0.338 e. The summed E-state index contributed by atoms with van der Waals surface area (Å²) in [5.74, 6) is -0.671. The van der Waals surface area contributed by atoms with Crippen molar-refractivity contribution in [2.75, 3.05) is 13.1 Å². The SMILES string of the molecule is CC(C)N1C(=O)[C@H](Cc2ccccc2)NC12CCN(C(=O)c1ccccc1F)CC2. The summed E-state index contributed by atoms with van der Waals surface area (Å²) in [5.41, 5.74) is 0.763. The average Bonchev–Trinajstić information content (AvgIpc) is 3.00. The van der Waals surface area contributed by atoms with Crippen LogP contribution in [0.1, 0.15) is 42.6 Å². The van der Waals surface area contributed by atoms with Crippen molar-refractivity contribution in [3.05, 3.63) is 71.5 Å². The van der Waals surface area contributed by atoms with Crippen LogP contribution in [-0.2, 0) is 11.2 Å². The van der Waals surface area contributed by atoms with Crippen LogP contribution in [-0.4, -0.2) is 52.5 Å². The van der Waals surface area contributed by atoms with Crippen molar-refractivity contribution in [3.63, 3.8) is 0 Å². The highest BCUT2D eigenvalue weighted by atomic mass is 19.1. The Kier molecular flexibility index (Phi) is 5.60. The normalized spacial score (nSPS) is 20.9. The maximum atomic E-state index is 14.1. The van der Waals surface area contributed by atoms with E-state index >= 15 is 0 Å². The molecule has 0 radical (unpaired) electrons. The summed E-state index contributed by atoms with van der Waals surface area (Å²) < 4.78 is 14.1. The van der Waals surface area contributed by atoms with Crippen LogP contribution in [0.15, 0.2) is 54.6 Å². The molecule has 2 heterocycles. The van der Waals surface area contributed by atoms with Gasteiger partial charge in [0.15, 0.2) is 0 Å². The third kappa shape index (κ3) is 3.72. The van der Waals surface area contributed by atoms with E-state index in [1.807, 2.05) is 49.1 Å². The molecule has 2 aromatic rings. The van der Waals surface area contributed by atoms with Gasteiger partial charge in [0.05, 0.1) is 17.3 Å². The minimum absolute atomic E-state index is 0.0552. The van der Waals surface area contributed by atoms with Gasteiger partial charge in [-0.05, 0) is 38.0 Å². The first-order valence-corrected chi connectivity index (χ1v) is 10.6. The van der Waals surface area contributed by atoms with Gasteiger partial charge >= 0.3 is 0 Å². The van der Waals surface area contributed by atoms with Gasteiger partial charge in [-0.2, -0.15) is 0 Å². The number of carbonyl (C=O) groups is 2. The Bertz CT molecular complexity index is 923. The van der Waals surface area contributed by atoms with Crippen LogP contribution in [0.25, 0.3) is 0 Å². The molecule has 2 aliphatic rings. The summed E-state index contributed by atoms with van der Waals surface area (Å²) in [6.45, 7) is 5.02. The van der Waals surface area contributed by atoms with Crippen molar-refractivity contribution >= 4 is 11.8 Å². The zero-order chi connectivity index (χ0) is 21.3. The molecule has 0 aromatic heterocycles. The maximum absolute atomic E-state index is 14.1. The first-order chi connectivity index (χ1) is 14.4. The van der Waals surface area contributed by atoms with Crippen molar-refractivity contribution in [2.45, 2.75) is 50.9 Å². The lowest BCUT2D eigenvalue weighted by Crippen LogP contribution is -2.61. The molecule has 2 saturated heterocycles. The van der Waals surface area contributed by atoms with E-state index in [0.29, 0.717) is 32.4 Å². The number of nitrogens with zero attached hydrogens (tertiary/aromatic N) is 2. The molecule has 158 valence electrons. The molecular formula is C24H28FN3O2. The summed E-state index contributed by atoms with van der Waals surface area (Å²) in [6, 6.07) is 15.9. The Hall–Kier alpha value is -2.73. The second kappa shape index (κ2) is 8.19. The van der Waals surface area contributed by atoms with Crippen LogP contribution >= 0.6 is 0 Å². The van der Waals surface area contributed by atoms with Crippen LogP contribution in [0.5, 0.6) is 0 Å². The molecule has 5 nitrogen and oxygen atoms in total. The lowest BCUT2D eigenvalue weighted by molar-refractivity contribution is -0.135. The first-order valence-electron chi connectivity index (χ1n) is 10.6.